The highest BCUT2D eigenvalue weighted by Crippen LogP contribution is 2.27. The first kappa shape index (κ1) is 108. The van der Waals surface area contributed by atoms with E-state index in [1.165, 1.54) is 40.2 Å². The number of nitrogens with zero attached hydrogens (tertiary/aromatic N) is 5. The first-order valence-electron chi connectivity index (χ1n) is 46.0. The number of aliphatic hydroxyl groups excluding tert-OH is 2. The lowest BCUT2D eigenvalue weighted by molar-refractivity contribution is -0.142. The van der Waals surface area contributed by atoms with Crippen LogP contribution in [0.25, 0.3) is 21.8 Å². The van der Waals surface area contributed by atoms with E-state index in [4.69, 9.17) is 28.3 Å². The number of unbranched alkanes of at least 4 members (excludes halogenated alkanes) is 3. The summed E-state index contributed by atoms with van der Waals surface area (Å²) in [6.07, 6.45) is 8.98. The van der Waals surface area contributed by atoms with E-state index in [9.17, 15) is 58.5 Å². The zero-order valence-electron chi connectivity index (χ0n) is 77.5. The Labute approximate surface area is 787 Å². The molecule has 0 saturated carbocycles. The number of phenols is 1. The van der Waals surface area contributed by atoms with Crippen LogP contribution in [0.4, 0.5) is 0 Å². The number of imidazole rings is 1. The number of nitrogens with two attached hydrogens (primary N) is 4. The van der Waals surface area contributed by atoms with Gasteiger partial charge in [-0.05, 0) is 106 Å². The van der Waals surface area contributed by atoms with Crippen LogP contribution in [0.2, 0.25) is 0 Å². The van der Waals surface area contributed by atoms with Gasteiger partial charge in [0, 0.05) is 149 Å². The van der Waals surface area contributed by atoms with E-state index < -0.39 is 193 Å². The van der Waals surface area contributed by atoms with E-state index in [2.05, 4.69) is 83.7 Å². The van der Waals surface area contributed by atoms with Gasteiger partial charge in [0.2, 0.25) is 88.6 Å². The van der Waals surface area contributed by atoms with Crippen molar-refractivity contribution in [1.82, 2.24) is 103 Å². The second kappa shape index (κ2) is 54.5. The molecule has 14 unspecified atom stereocenters. The predicted octanol–water partition coefficient (Wildman–Crippen LogP) is -2.60. The summed E-state index contributed by atoms with van der Waals surface area (Å²) in [7, 11) is 4.66. The molecule has 15 amide bonds. The number of carbonyl (C=O) groups excluding carboxylic acids is 15. The van der Waals surface area contributed by atoms with Gasteiger partial charge in [0.15, 0.2) is 5.96 Å². The molecule has 2 fully saturated rings. The Morgan fingerprint density at radius 2 is 1.20 bits per heavy atom. The Bertz CT molecular complexity index is 4980. The molecule has 2 saturated heterocycles. The number of fused-ring (bicyclic) bond motifs is 2. The zero-order chi connectivity index (χ0) is 98.4. The summed E-state index contributed by atoms with van der Waals surface area (Å²) in [5.41, 5.74) is 26.2. The second-order valence-electron chi connectivity index (χ2n) is 34.2. The van der Waals surface area contributed by atoms with Crippen molar-refractivity contribution in [2.75, 3.05) is 85.1 Å². The fourth-order valence-corrected chi connectivity index (χ4v) is 17.5. The highest BCUT2D eigenvalue weighted by atomic mass is 32.2. The molecule has 2 aliphatic heterocycles. The van der Waals surface area contributed by atoms with E-state index in [0.717, 1.165) is 11.8 Å². The molecule has 44 heteroatoms. The van der Waals surface area contributed by atoms with Crippen LogP contribution in [0.1, 0.15) is 146 Å². The highest BCUT2D eigenvalue weighted by molar-refractivity contribution is 8.00. The van der Waals surface area contributed by atoms with E-state index in [1.54, 1.807) is 87.0 Å². The second-order valence-corrected chi connectivity index (χ2v) is 35.2. The average Bonchev–Trinajstić information content (AvgIpc) is 1.68. The van der Waals surface area contributed by atoms with Crippen molar-refractivity contribution in [1.29, 1.82) is 5.41 Å². The van der Waals surface area contributed by atoms with Crippen LogP contribution in [0.3, 0.4) is 0 Å². The normalized spacial score (nSPS) is 16.6. The van der Waals surface area contributed by atoms with Crippen molar-refractivity contribution in [3.63, 3.8) is 0 Å². The number of nitrogens with one attached hydrogen (secondary N) is 16. The first-order chi connectivity index (χ1) is 64.7. The summed E-state index contributed by atoms with van der Waals surface area (Å²) in [4.78, 5) is 231. The van der Waals surface area contributed by atoms with E-state index in [0.29, 0.717) is 95.6 Å². The number of thioether (sulfide) groups is 1. The van der Waals surface area contributed by atoms with Crippen LogP contribution in [-0.2, 0) is 97.6 Å². The number of hydrogen-bond acceptors (Lipinski definition) is 24. The molecule has 5 heterocycles. The van der Waals surface area contributed by atoms with Crippen LogP contribution in [0.15, 0.2) is 97.7 Å². The molecule has 0 bridgehead atoms. The molecule has 27 N–H and O–H groups in total. The van der Waals surface area contributed by atoms with Crippen LogP contribution in [0.5, 0.6) is 5.75 Å². The number of likely N-dealkylation sites (N-methyl/N-ethyl adjacent to an activating group) is 3. The highest BCUT2D eigenvalue weighted by Gasteiger charge is 2.45. The number of carbonyl (C=O) groups is 15. The molecule has 3 aromatic heterocycles. The quantitative estimate of drug-likeness (QED) is 0.0106. The summed E-state index contributed by atoms with van der Waals surface area (Å²) in [6, 6.07) is 4.63. The zero-order valence-corrected chi connectivity index (χ0v) is 78.3. The van der Waals surface area contributed by atoms with E-state index in [1.807, 2.05) is 32.0 Å². The van der Waals surface area contributed by atoms with Gasteiger partial charge < -0.3 is 132 Å². The molecule has 14 atom stereocenters. The maximum atomic E-state index is 15.8. The van der Waals surface area contributed by atoms with Crippen molar-refractivity contribution in [3.8, 4) is 5.75 Å². The van der Waals surface area contributed by atoms with Gasteiger partial charge in [-0.3, -0.25) is 82.2 Å². The summed E-state index contributed by atoms with van der Waals surface area (Å²) >= 11 is 0.915. The van der Waals surface area contributed by atoms with Crippen molar-refractivity contribution in [2.24, 2.45) is 22.9 Å². The lowest BCUT2D eigenvalue weighted by atomic mass is 10.0. The van der Waals surface area contributed by atoms with Gasteiger partial charge in [-0.25, -0.2) is 4.98 Å². The number of β-amino-alcohol motifs (C(OH)–C–C–N with tert-alkyl or cyclic N) is 1. The Morgan fingerprint density at radius 3 is 1.82 bits per heavy atom. The first-order valence-corrected chi connectivity index (χ1v) is 47.1. The molecule has 43 nitrogen and oxygen atoms in total. The van der Waals surface area contributed by atoms with Crippen molar-refractivity contribution in [2.45, 2.75) is 234 Å². The lowest BCUT2D eigenvalue weighted by Crippen LogP contribution is -2.61. The number of primary amides is 2. The minimum atomic E-state index is -1.80. The number of para-hydroxylation sites is 2. The molecule has 738 valence electrons. The van der Waals surface area contributed by atoms with Gasteiger partial charge in [-0.2, -0.15) is 0 Å². The molecular weight excluding hydrogens is 1760 g/mol. The van der Waals surface area contributed by atoms with Gasteiger partial charge in [-0.1, -0.05) is 101 Å². The minimum absolute atomic E-state index is 0.00181. The predicted molar refractivity (Wildman–Crippen MR) is 505 cm³/mol. The third-order valence-electron chi connectivity index (χ3n) is 24.0. The van der Waals surface area contributed by atoms with Crippen molar-refractivity contribution >= 4 is 128 Å². The Hall–Kier alpha value is -12.8. The number of aromatic amines is 3. The number of guanidine groups is 1. The number of likely N-dealkylation sites (tertiary alicyclic amines) is 2. The maximum Gasteiger partial charge on any atom is 0.246 e. The maximum absolute atomic E-state index is 15.8. The third kappa shape index (κ3) is 33.1. The molecule has 6 aromatic rings. The van der Waals surface area contributed by atoms with Crippen LogP contribution < -0.4 is 86.7 Å². The fraction of sp³-hybridized carbons (Fsp3) is 0.549. The molecule has 0 aliphatic carbocycles. The summed E-state index contributed by atoms with van der Waals surface area (Å²) in [5, 5.41) is 74.8. The standard InChI is InChI=1S/C91H135N25O18S/c1-7-10-20-58(47-113(5)73(27-11-8-2)85(129)108-65(26-18-34-99-91(95)96)82(126)112-72(81(125)103-46-77(94)121)50-135-51-79(123)106-67(80(124)97-4)36-53-29-31-59(118)32-30-53)114(6)88(132)69(38-55-43-101-64-24-15-13-22-62(55)64)110-84(128)71(49-117)111-83(127)68(37-54-42-100-63-23-14-12-21-61(54)63)109-87(131)75-40-60(119)48-116(75)89(133)66(25-16-17-33-92)102-45-57(39-56-44-98-52-104-56)105-86(130)74-28-19-35-115(74)90(134)70(41-76(93)120)107-78(122)9-3/h12-15,21-24,29-32,42-44,52,57-58,60,65-75,100-102,117-119H,7-11,16-20,25-28,33-41,45-51,92H2,1-6H3,(H2,93,120)(H2,94,121)(H,97,124)(H,98,104)(H,103,125)(H,105,130)(H,106,123)(H,107,122)(H,108,129)(H,109,131)(H,110,128)(H,111,127)(H,112,126)(H4,95,96,99). The Kier molecular flexibility index (Phi) is 43.5. The van der Waals surface area contributed by atoms with Crippen LogP contribution in [-0.4, -0.2) is 319 Å². The number of amides is 15. The van der Waals surface area contributed by atoms with Crippen molar-refractivity contribution in [3.05, 3.63) is 120 Å². The van der Waals surface area contributed by atoms with Gasteiger partial charge in [0.05, 0.1) is 49.8 Å². The topological polar surface area (TPSA) is 662 Å². The number of aromatic hydroxyl groups is 1. The number of aromatic nitrogens is 4. The minimum Gasteiger partial charge on any atom is -0.508 e. The molecule has 135 heavy (non-hydrogen) atoms. The summed E-state index contributed by atoms with van der Waals surface area (Å²) in [5.74, 6) is -11.9. The molecule has 3 aromatic carbocycles. The van der Waals surface area contributed by atoms with E-state index >= 15 is 28.8 Å². The van der Waals surface area contributed by atoms with Crippen LogP contribution in [0, 0.1) is 5.41 Å². The van der Waals surface area contributed by atoms with Gasteiger partial charge in [0.25, 0.3) is 0 Å². The third-order valence-corrected chi connectivity index (χ3v) is 25.0. The van der Waals surface area contributed by atoms with Gasteiger partial charge >= 0.3 is 0 Å². The van der Waals surface area contributed by atoms with Crippen LogP contribution >= 0.6 is 11.8 Å². The lowest BCUT2D eigenvalue weighted by Gasteiger charge is -2.37. The average molecular weight is 1900 g/mol. The van der Waals surface area contributed by atoms with Gasteiger partial charge in [-0.15, -0.1) is 11.8 Å². The fourth-order valence-electron chi connectivity index (χ4n) is 16.6. The number of phenolic OH excluding ortho intramolecular Hbond substituents is 1. The molecule has 2 aliphatic rings. The summed E-state index contributed by atoms with van der Waals surface area (Å²) in [6.45, 7) is 3.96. The summed E-state index contributed by atoms with van der Waals surface area (Å²) < 4.78 is 0. The number of H-pyrrole nitrogens is 3. The van der Waals surface area contributed by atoms with Gasteiger partial charge in [0.1, 0.15) is 60.1 Å². The Balaban J connectivity index is 1.01. The Morgan fingerprint density at radius 1 is 0.600 bits per heavy atom. The monoisotopic (exact) mass is 1900 g/mol. The van der Waals surface area contributed by atoms with Crippen molar-refractivity contribution < 1.29 is 87.2 Å². The number of hydrogen-bond donors (Lipinski definition) is 23. The number of benzene rings is 3. The molecule has 8 rings (SSSR count). The molecule has 0 radical (unpaired) electrons. The SMILES string of the molecule is CCCCC(C(=O)NC(CCCNC(=N)N)C(=O)NC(CSCC(=O)NC(Cc1ccc(O)cc1)C(=O)NC)C(=O)NCC(N)=O)N(C)CC(CCCC)N(C)C(=O)C(Cc1c[nH]c2ccccc12)NC(=O)C(CO)NC(=O)C(Cc1c[nH]c2ccccc12)NC(=O)C1CC(O)CN1C(=O)C(CCCCN)NCC(Cc1cnc[nH]1)NC(=O)C1CCCN1C(=O)C(CC(N)=O)NC(=O)CC. The molecule has 0 spiro atoms. The number of aliphatic hydroxyl groups is 2. The molecular formula is C91H135N25O18S. The smallest absolute Gasteiger partial charge is 0.246 e. The number of rotatable bonds is 58. The van der Waals surface area contributed by atoms with E-state index in [-0.39, 0.29) is 133 Å². The largest absolute Gasteiger partial charge is 0.508 e.